The zero-order chi connectivity index (χ0) is 11.8. The summed E-state index contributed by atoms with van der Waals surface area (Å²) in [6.07, 6.45) is 4.55. The fraction of sp³-hybridized carbons (Fsp3) is 0.250. The molecule has 0 saturated heterocycles. The first-order chi connectivity index (χ1) is 7.83. The second-order valence-corrected chi connectivity index (χ2v) is 3.58. The molecular formula is C12H13BrO3. The predicted molar refractivity (Wildman–Crippen MR) is 66.8 cm³/mol. The number of hydrogen-bond donors (Lipinski definition) is 0. The van der Waals surface area contributed by atoms with E-state index in [1.165, 1.54) is 0 Å². The van der Waals surface area contributed by atoms with Crippen molar-refractivity contribution in [3.63, 3.8) is 0 Å². The Kier molecular flexibility index (Phi) is 5.64. The minimum Gasteiger partial charge on any atom is -0.493 e. The van der Waals surface area contributed by atoms with Crippen LogP contribution in [-0.2, 0) is 0 Å². The molecule has 0 spiro atoms. The van der Waals surface area contributed by atoms with Crippen molar-refractivity contribution in [3.05, 3.63) is 35.9 Å². The van der Waals surface area contributed by atoms with E-state index in [1.54, 1.807) is 25.3 Å². The van der Waals surface area contributed by atoms with Crippen LogP contribution in [0.3, 0.4) is 0 Å². The number of rotatable bonds is 6. The normalized spacial score (nSPS) is 10.4. The number of aldehydes is 1. The second-order valence-electron chi connectivity index (χ2n) is 2.93. The van der Waals surface area contributed by atoms with Gasteiger partial charge in [0.15, 0.2) is 17.8 Å². The third kappa shape index (κ3) is 3.38. The minimum absolute atomic E-state index is 0.410. The molecule has 0 amide bonds. The number of para-hydroxylation sites is 1. The molecule has 0 fully saturated rings. The van der Waals surface area contributed by atoms with Crippen LogP contribution in [0.5, 0.6) is 11.5 Å². The molecule has 1 aromatic carbocycles. The van der Waals surface area contributed by atoms with Crippen LogP contribution < -0.4 is 9.47 Å². The third-order valence-electron chi connectivity index (χ3n) is 1.94. The van der Waals surface area contributed by atoms with Gasteiger partial charge in [0.2, 0.25) is 0 Å². The Balaban J connectivity index is 2.82. The Morgan fingerprint density at radius 1 is 1.38 bits per heavy atom. The molecule has 0 radical (unpaired) electrons. The summed E-state index contributed by atoms with van der Waals surface area (Å²) in [7, 11) is 1.55. The van der Waals surface area contributed by atoms with Gasteiger partial charge in [-0.3, -0.25) is 4.79 Å². The molecule has 0 heterocycles. The van der Waals surface area contributed by atoms with Gasteiger partial charge < -0.3 is 9.47 Å². The summed E-state index contributed by atoms with van der Waals surface area (Å²) in [5, 5.41) is 0.781. The molecule has 0 aliphatic rings. The molecule has 0 bridgehead atoms. The smallest absolute Gasteiger partial charge is 0.172 e. The van der Waals surface area contributed by atoms with Gasteiger partial charge in [0.1, 0.15) is 6.61 Å². The largest absolute Gasteiger partial charge is 0.493 e. The average molecular weight is 285 g/mol. The lowest BCUT2D eigenvalue weighted by atomic mass is 10.2. The number of allylic oxidation sites excluding steroid dienone is 1. The van der Waals surface area contributed by atoms with Crippen molar-refractivity contribution < 1.29 is 14.3 Å². The van der Waals surface area contributed by atoms with E-state index >= 15 is 0 Å². The molecule has 0 aliphatic heterocycles. The lowest BCUT2D eigenvalue weighted by Gasteiger charge is -2.10. The first-order valence-electron chi connectivity index (χ1n) is 4.79. The predicted octanol–water partition coefficient (Wildman–Crippen LogP) is 2.84. The van der Waals surface area contributed by atoms with Crippen LogP contribution in [0.4, 0.5) is 0 Å². The number of halogens is 1. The zero-order valence-electron chi connectivity index (χ0n) is 8.98. The van der Waals surface area contributed by atoms with Gasteiger partial charge in [-0.05, 0) is 12.1 Å². The molecule has 1 rings (SSSR count). The molecule has 0 N–H and O–H groups in total. The van der Waals surface area contributed by atoms with E-state index in [-0.39, 0.29) is 0 Å². The van der Waals surface area contributed by atoms with Crippen LogP contribution in [0.15, 0.2) is 30.4 Å². The van der Waals surface area contributed by atoms with Crippen molar-refractivity contribution >= 4 is 22.2 Å². The number of ether oxygens (including phenoxy) is 2. The van der Waals surface area contributed by atoms with Crippen LogP contribution in [0.2, 0.25) is 0 Å². The van der Waals surface area contributed by atoms with E-state index in [0.717, 1.165) is 11.6 Å². The maximum Gasteiger partial charge on any atom is 0.172 e. The molecule has 0 atom stereocenters. The first kappa shape index (κ1) is 12.8. The average Bonchev–Trinajstić information content (AvgIpc) is 2.34. The monoisotopic (exact) mass is 284 g/mol. The van der Waals surface area contributed by atoms with Gasteiger partial charge in [0.25, 0.3) is 0 Å². The summed E-state index contributed by atoms with van der Waals surface area (Å²) >= 11 is 3.27. The summed E-state index contributed by atoms with van der Waals surface area (Å²) in [6, 6.07) is 5.21. The van der Waals surface area contributed by atoms with Crippen LogP contribution in [0.1, 0.15) is 10.4 Å². The standard InChI is InChI=1S/C12H13BrO3/c1-15-11-6-4-5-10(9-14)12(11)16-8-3-2-7-13/h2-6,9H,7-8H2,1H3. The Labute approximate surface area is 103 Å². The van der Waals surface area contributed by atoms with Crippen LogP contribution in [0.25, 0.3) is 0 Å². The quantitative estimate of drug-likeness (QED) is 0.458. The van der Waals surface area contributed by atoms with Crippen LogP contribution in [0, 0.1) is 0 Å². The molecule has 16 heavy (non-hydrogen) atoms. The zero-order valence-corrected chi connectivity index (χ0v) is 10.6. The highest BCUT2D eigenvalue weighted by Crippen LogP contribution is 2.29. The second kappa shape index (κ2) is 7.06. The Morgan fingerprint density at radius 3 is 2.81 bits per heavy atom. The van der Waals surface area contributed by atoms with E-state index in [9.17, 15) is 4.79 Å². The van der Waals surface area contributed by atoms with Crippen molar-refractivity contribution in [1.29, 1.82) is 0 Å². The van der Waals surface area contributed by atoms with Gasteiger partial charge in [0.05, 0.1) is 12.7 Å². The maximum atomic E-state index is 10.8. The van der Waals surface area contributed by atoms with Crippen molar-refractivity contribution in [3.8, 4) is 11.5 Å². The Hall–Kier alpha value is -1.29. The number of hydrogen-bond acceptors (Lipinski definition) is 3. The molecule has 0 aliphatic carbocycles. The summed E-state index contributed by atoms with van der Waals surface area (Å²) in [5.41, 5.74) is 0.492. The number of methoxy groups -OCH3 is 1. The minimum atomic E-state index is 0.410. The van der Waals surface area contributed by atoms with Gasteiger partial charge >= 0.3 is 0 Å². The molecule has 3 nitrogen and oxygen atoms in total. The summed E-state index contributed by atoms with van der Waals surface area (Å²) in [5.74, 6) is 1.05. The third-order valence-corrected chi connectivity index (χ3v) is 2.31. The summed E-state index contributed by atoms with van der Waals surface area (Å²) in [4.78, 5) is 10.8. The molecular weight excluding hydrogens is 272 g/mol. The van der Waals surface area contributed by atoms with Crippen molar-refractivity contribution in [1.82, 2.24) is 0 Å². The van der Waals surface area contributed by atoms with Crippen LogP contribution in [-0.4, -0.2) is 25.3 Å². The van der Waals surface area contributed by atoms with Crippen molar-refractivity contribution in [2.75, 3.05) is 19.0 Å². The molecule has 0 aromatic heterocycles. The Morgan fingerprint density at radius 2 is 2.19 bits per heavy atom. The fourth-order valence-corrected chi connectivity index (χ4v) is 1.47. The lowest BCUT2D eigenvalue weighted by molar-refractivity contribution is 0.111. The van der Waals surface area contributed by atoms with E-state index in [4.69, 9.17) is 9.47 Å². The van der Waals surface area contributed by atoms with Gasteiger partial charge in [-0.1, -0.05) is 34.1 Å². The number of benzene rings is 1. The fourth-order valence-electron chi connectivity index (χ4n) is 1.20. The topological polar surface area (TPSA) is 35.5 Å². The molecule has 86 valence electrons. The summed E-state index contributed by atoms with van der Waals surface area (Å²) < 4.78 is 10.6. The molecule has 4 heteroatoms. The SMILES string of the molecule is COc1cccc(C=O)c1OCC=CCBr. The van der Waals surface area contributed by atoms with E-state index < -0.39 is 0 Å². The highest BCUT2D eigenvalue weighted by molar-refractivity contribution is 9.09. The highest BCUT2D eigenvalue weighted by Gasteiger charge is 2.08. The number of carbonyl (C=O) groups is 1. The van der Waals surface area contributed by atoms with Gasteiger partial charge in [0, 0.05) is 5.33 Å². The van der Waals surface area contributed by atoms with Crippen LogP contribution >= 0.6 is 15.9 Å². The molecule has 0 unspecified atom stereocenters. The van der Waals surface area contributed by atoms with E-state index in [0.29, 0.717) is 23.7 Å². The number of carbonyl (C=O) groups excluding carboxylic acids is 1. The van der Waals surface area contributed by atoms with E-state index in [1.807, 2.05) is 12.2 Å². The van der Waals surface area contributed by atoms with E-state index in [2.05, 4.69) is 15.9 Å². The van der Waals surface area contributed by atoms with Gasteiger partial charge in [-0.2, -0.15) is 0 Å². The summed E-state index contributed by atoms with van der Waals surface area (Å²) in [6.45, 7) is 0.410. The molecule has 0 saturated carbocycles. The first-order valence-corrected chi connectivity index (χ1v) is 5.91. The molecule has 1 aromatic rings. The van der Waals surface area contributed by atoms with Crippen molar-refractivity contribution in [2.45, 2.75) is 0 Å². The lowest BCUT2D eigenvalue weighted by Crippen LogP contribution is -2.00. The van der Waals surface area contributed by atoms with Crippen molar-refractivity contribution in [2.24, 2.45) is 0 Å². The number of alkyl halides is 1. The highest BCUT2D eigenvalue weighted by atomic mass is 79.9. The van der Waals surface area contributed by atoms with Gasteiger partial charge in [-0.15, -0.1) is 0 Å². The Bertz CT molecular complexity index is 375. The maximum absolute atomic E-state index is 10.8. The van der Waals surface area contributed by atoms with Gasteiger partial charge in [-0.25, -0.2) is 0 Å².